The molecule has 0 amide bonds. The normalized spacial score (nSPS) is 26.4. The Labute approximate surface area is 240 Å². The first-order valence-electron chi connectivity index (χ1n) is 14.1. The topological polar surface area (TPSA) is 105 Å². The van der Waals surface area contributed by atoms with Crippen LogP contribution in [-0.4, -0.2) is 44.9 Å². The van der Waals surface area contributed by atoms with Gasteiger partial charge < -0.3 is 14.8 Å². The zero-order valence-corrected chi connectivity index (χ0v) is 24.4. The average molecular weight is 569 g/mol. The second-order valence-corrected chi connectivity index (χ2v) is 11.8. The minimum atomic E-state index is -4.49. The number of benzene rings is 2. The van der Waals surface area contributed by atoms with E-state index in [1.165, 1.54) is 11.1 Å². The van der Waals surface area contributed by atoms with Gasteiger partial charge in [0, 0.05) is 38.0 Å². The van der Waals surface area contributed by atoms with E-state index in [2.05, 4.69) is 41.5 Å². The summed E-state index contributed by atoms with van der Waals surface area (Å²) in [6.45, 7) is 16.3. The molecule has 2 aromatic rings. The van der Waals surface area contributed by atoms with Crippen LogP contribution in [-0.2, 0) is 21.6 Å². The smallest absolute Gasteiger partial charge is 0.362 e. The van der Waals surface area contributed by atoms with Crippen LogP contribution < -0.4 is 14.8 Å². The lowest BCUT2D eigenvalue weighted by Crippen LogP contribution is -2.42. The summed E-state index contributed by atoms with van der Waals surface area (Å²) in [5, 5.41) is 6.44. The lowest BCUT2D eigenvalue weighted by Gasteiger charge is -2.48. The van der Waals surface area contributed by atoms with Gasteiger partial charge in [-0.2, -0.15) is 8.42 Å². The molecule has 1 saturated heterocycles. The Morgan fingerprint density at radius 2 is 1.62 bits per heavy atom. The van der Waals surface area contributed by atoms with Crippen molar-refractivity contribution in [1.29, 1.82) is 0 Å². The number of ketones is 1. The number of aryl methyl sites for hydroxylation is 1. The van der Waals surface area contributed by atoms with Crippen molar-refractivity contribution in [2.45, 2.75) is 51.4 Å². The first-order valence-corrected chi connectivity index (χ1v) is 15.5. The largest absolute Gasteiger partial charge is 0.446 e. The third-order valence-corrected chi connectivity index (χ3v) is 9.00. The van der Waals surface area contributed by atoms with Crippen molar-refractivity contribution >= 4 is 22.3 Å². The molecule has 3 fully saturated rings. The zero-order chi connectivity index (χ0) is 29.2. The van der Waals surface area contributed by atoms with Crippen molar-refractivity contribution in [3.63, 3.8) is 0 Å². The molecular formula is C32H44N2O5S. The van der Waals surface area contributed by atoms with Crippen molar-refractivity contribution in [2.24, 2.45) is 17.3 Å². The summed E-state index contributed by atoms with van der Waals surface area (Å²) < 4.78 is 35.2. The van der Waals surface area contributed by atoms with Gasteiger partial charge in [0.25, 0.3) is 0 Å². The third kappa shape index (κ3) is 8.13. The van der Waals surface area contributed by atoms with Crippen molar-refractivity contribution in [3.8, 4) is 5.75 Å². The van der Waals surface area contributed by atoms with E-state index in [4.69, 9.17) is 4.55 Å². The predicted octanol–water partition coefficient (Wildman–Crippen LogP) is 5.60. The lowest BCUT2D eigenvalue weighted by atomic mass is 9.55. The van der Waals surface area contributed by atoms with Gasteiger partial charge in [0.1, 0.15) is 11.5 Å². The molecule has 2 aromatic carbocycles. The first kappa shape index (κ1) is 31.7. The molecule has 4 aliphatic rings. The van der Waals surface area contributed by atoms with Gasteiger partial charge >= 0.3 is 10.4 Å². The van der Waals surface area contributed by atoms with Crippen LogP contribution in [0.4, 0.5) is 0 Å². The summed E-state index contributed by atoms with van der Waals surface area (Å²) in [7, 11) is -4.49. The van der Waals surface area contributed by atoms with E-state index in [-0.39, 0.29) is 11.2 Å². The molecule has 3 aliphatic carbocycles. The fourth-order valence-electron chi connectivity index (χ4n) is 6.70. The maximum absolute atomic E-state index is 12.3. The van der Waals surface area contributed by atoms with Crippen LogP contribution in [0.2, 0.25) is 0 Å². The van der Waals surface area contributed by atoms with E-state index < -0.39 is 10.4 Å². The number of fused-ring (bicyclic) bond motifs is 5. The SMILES string of the molecule is C1CNCCN1.C=C.C=Cc1ccccc1.C[C@]12CC[C@@H]3c4ccc(OS(=O)(=O)O)cc4CC[C@H]3[C@@H]1CCC2=O. The van der Waals surface area contributed by atoms with Crippen LogP contribution in [0, 0.1) is 17.3 Å². The molecule has 218 valence electrons. The molecule has 40 heavy (non-hydrogen) atoms. The van der Waals surface area contributed by atoms with Gasteiger partial charge in [0.2, 0.25) is 0 Å². The number of carbonyl (C=O) groups is 1. The maximum atomic E-state index is 12.3. The van der Waals surface area contributed by atoms with Gasteiger partial charge in [-0.05, 0) is 78.7 Å². The Morgan fingerprint density at radius 3 is 2.17 bits per heavy atom. The number of hydrogen-bond donors (Lipinski definition) is 3. The van der Waals surface area contributed by atoms with E-state index in [1.807, 2.05) is 42.5 Å². The standard InChI is InChI=1S/C18H22O5S.C8H8.C4H10N2.C2H4/c1-18-9-8-14-13-5-3-12(23-24(20,21)22)10-11(13)2-4-15(14)16(18)6-7-17(18)19;1-2-8-6-4-3-5-7-8;1-2-6-4-3-5-1;1-2/h3,5,10,14-16H,2,4,6-9H2,1H3,(H,20,21,22);2-7H,1H2;5-6H,1-4H2;1-2H2/t14-,15-,16+,18+;;;/m1.../s1. The fraction of sp³-hybridized carbons (Fsp3) is 0.469. The van der Waals surface area contributed by atoms with E-state index in [9.17, 15) is 13.2 Å². The Morgan fingerprint density at radius 1 is 0.975 bits per heavy atom. The maximum Gasteiger partial charge on any atom is 0.446 e. The molecule has 2 saturated carbocycles. The average Bonchev–Trinajstić information content (AvgIpc) is 3.29. The van der Waals surface area contributed by atoms with Gasteiger partial charge in [-0.25, -0.2) is 0 Å². The Hall–Kier alpha value is -2.78. The molecule has 8 heteroatoms. The highest BCUT2D eigenvalue weighted by Gasteiger charge is 2.54. The molecule has 7 nitrogen and oxygen atoms in total. The molecule has 1 aliphatic heterocycles. The van der Waals surface area contributed by atoms with Gasteiger partial charge in [-0.1, -0.05) is 56.0 Å². The first-order chi connectivity index (χ1) is 19.2. The Bertz CT molecular complexity index is 1220. The minimum Gasteiger partial charge on any atom is -0.362 e. The predicted molar refractivity (Wildman–Crippen MR) is 162 cm³/mol. The number of hydrogen-bond acceptors (Lipinski definition) is 6. The van der Waals surface area contributed by atoms with Crippen LogP contribution in [0.5, 0.6) is 5.75 Å². The highest BCUT2D eigenvalue weighted by molar-refractivity contribution is 7.81. The Kier molecular flexibility index (Phi) is 11.7. The highest BCUT2D eigenvalue weighted by atomic mass is 32.3. The molecule has 0 radical (unpaired) electrons. The number of rotatable bonds is 3. The molecule has 6 rings (SSSR count). The molecule has 0 bridgehead atoms. The summed E-state index contributed by atoms with van der Waals surface area (Å²) in [4.78, 5) is 12.3. The van der Waals surface area contributed by atoms with Gasteiger partial charge in [0.05, 0.1) is 0 Å². The zero-order valence-electron chi connectivity index (χ0n) is 23.6. The summed E-state index contributed by atoms with van der Waals surface area (Å²) in [6, 6.07) is 15.3. The van der Waals surface area contributed by atoms with E-state index in [0.29, 0.717) is 23.5 Å². The summed E-state index contributed by atoms with van der Waals surface area (Å²) in [6.07, 6.45) is 7.41. The summed E-state index contributed by atoms with van der Waals surface area (Å²) >= 11 is 0. The van der Waals surface area contributed by atoms with Gasteiger partial charge in [-0.15, -0.1) is 13.2 Å². The summed E-state index contributed by atoms with van der Waals surface area (Å²) in [5.41, 5.74) is 3.40. The molecule has 0 spiro atoms. The van der Waals surface area contributed by atoms with E-state index in [0.717, 1.165) is 70.3 Å². The number of nitrogens with one attached hydrogen (secondary N) is 2. The third-order valence-electron chi connectivity index (χ3n) is 8.60. The van der Waals surface area contributed by atoms with E-state index >= 15 is 0 Å². The number of carbonyl (C=O) groups excluding carboxylic acids is 1. The van der Waals surface area contributed by atoms with Crippen molar-refractivity contribution in [1.82, 2.24) is 10.6 Å². The lowest BCUT2D eigenvalue weighted by molar-refractivity contribution is -0.129. The second kappa shape index (κ2) is 14.7. The van der Waals surface area contributed by atoms with Crippen LogP contribution in [0.25, 0.3) is 6.08 Å². The number of piperazine rings is 1. The molecular weight excluding hydrogens is 524 g/mol. The quantitative estimate of drug-likeness (QED) is 0.327. The van der Waals surface area contributed by atoms with Crippen LogP contribution in [0.15, 0.2) is 68.3 Å². The molecule has 3 N–H and O–H groups in total. The van der Waals surface area contributed by atoms with Crippen molar-refractivity contribution in [2.75, 3.05) is 26.2 Å². The van der Waals surface area contributed by atoms with Gasteiger partial charge in [0.15, 0.2) is 0 Å². The van der Waals surface area contributed by atoms with E-state index in [1.54, 1.807) is 12.1 Å². The van der Waals surface area contributed by atoms with Crippen LogP contribution >= 0.6 is 0 Å². The molecule has 0 aromatic heterocycles. The van der Waals surface area contributed by atoms with Crippen LogP contribution in [0.3, 0.4) is 0 Å². The molecule has 0 unspecified atom stereocenters. The van der Waals surface area contributed by atoms with Crippen molar-refractivity contribution in [3.05, 3.63) is 85.0 Å². The fourth-order valence-corrected chi connectivity index (χ4v) is 7.04. The van der Waals surface area contributed by atoms with Crippen LogP contribution in [0.1, 0.15) is 61.6 Å². The second-order valence-electron chi connectivity index (χ2n) is 10.8. The highest BCUT2D eigenvalue weighted by Crippen LogP contribution is 2.59. The summed E-state index contributed by atoms with van der Waals surface area (Å²) in [5.74, 6) is 2.05. The monoisotopic (exact) mass is 568 g/mol. The molecule has 4 atom stereocenters. The minimum absolute atomic E-state index is 0.132. The van der Waals surface area contributed by atoms with Gasteiger partial charge in [-0.3, -0.25) is 9.35 Å². The van der Waals surface area contributed by atoms with Crippen molar-refractivity contribution < 1.29 is 21.9 Å². The molecule has 1 heterocycles. The number of Topliss-reactive ketones (excluding diaryl/α,β-unsaturated/α-hetero) is 1. The Balaban J connectivity index is 0.000000225.